The van der Waals surface area contributed by atoms with Gasteiger partial charge >= 0.3 is 10.2 Å². The fourth-order valence-electron chi connectivity index (χ4n) is 3.00. The van der Waals surface area contributed by atoms with E-state index in [1.807, 2.05) is 20.8 Å². The molecule has 0 saturated carbocycles. The zero-order valence-electron chi connectivity index (χ0n) is 18.2. The number of furan rings is 1. The van der Waals surface area contributed by atoms with Gasteiger partial charge in [0.15, 0.2) is 17.4 Å². The van der Waals surface area contributed by atoms with Gasteiger partial charge in [-0.1, -0.05) is 38.4 Å². The molecule has 0 radical (unpaired) electrons. The molecule has 0 fully saturated rings. The Balaban J connectivity index is 2.02. The number of amides is 1. The monoisotopic (exact) mass is 481 g/mol. The normalized spacial score (nSPS) is 17.6. The summed E-state index contributed by atoms with van der Waals surface area (Å²) in [7, 11) is -0.948. The summed E-state index contributed by atoms with van der Waals surface area (Å²) in [6, 6.07) is 5.50. The van der Waals surface area contributed by atoms with Crippen molar-refractivity contribution in [2.45, 2.75) is 26.8 Å². The molecular formula is C20H24ClN5O5S. The summed E-state index contributed by atoms with van der Waals surface area (Å²) >= 11 is 5.98. The van der Waals surface area contributed by atoms with E-state index in [4.69, 9.17) is 16.0 Å². The number of hydrogen-bond acceptors (Lipinski definition) is 7. The summed E-state index contributed by atoms with van der Waals surface area (Å²) in [6.45, 7) is 5.73. The van der Waals surface area contributed by atoms with Gasteiger partial charge in [-0.05, 0) is 17.5 Å². The van der Waals surface area contributed by atoms with Crippen LogP contribution in [-0.4, -0.2) is 50.1 Å². The first-order valence-corrected chi connectivity index (χ1v) is 11.4. The fourth-order valence-corrected chi connectivity index (χ4v) is 3.96. The zero-order valence-corrected chi connectivity index (χ0v) is 19.7. The van der Waals surface area contributed by atoms with Gasteiger partial charge in [0.1, 0.15) is 18.1 Å². The van der Waals surface area contributed by atoms with Crippen molar-refractivity contribution >= 4 is 45.1 Å². The standard InChI is InChI=1S/C20H24ClN5O5S/c1-20(2,3)16(14-9-11(21)10-31-14)23-18-17(24-32(29,30)25-18)22-13-8-6-7-12(15(13)27)19(28)26(4)5/h6-10,16,27H,1-5H3,(H,22,24)(H,23,25)/t16-/m0/s1. The van der Waals surface area contributed by atoms with E-state index < -0.39 is 27.6 Å². The van der Waals surface area contributed by atoms with Crippen molar-refractivity contribution in [2.24, 2.45) is 14.8 Å². The molecule has 0 spiro atoms. The molecule has 172 valence electrons. The Morgan fingerprint density at radius 2 is 2.03 bits per heavy atom. The van der Waals surface area contributed by atoms with Crippen LogP contribution < -0.4 is 10.0 Å². The molecule has 2 heterocycles. The smallest absolute Gasteiger partial charge is 0.345 e. The van der Waals surface area contributed by atoms with E-state index >= 15 is 0 Å². The summed E-state index contributed by atoms with van der Waals surface area (Å²) < 4.78 is 35.8. The number of aromatic hydroxyl groups is 1. The average molecular weight is 482 g/mol. The summed E-state index contributed by atoms with van der Waals surface area (Å²) in [4.78, 5) is 18.1. The number of carbonyl (C=O) groups is 1. The first-order chi connectivity index (χ1) is 14.8. The van der Waals surface area contributed by atoms with Gasteiger partial charge in [0.2, 0.25) is 0 Å². The summed E-state index contributed by atoms with van der Waals surface area (Å²) in [5.74, 6) is -0.519. The minimum absolute atomic E-state index is 0.0469. The molecule has 0 aliphatic carbocycles. The number of nitrogens with one attached hydrogen (secondary N) is 2. The van der Waals surface area contributed by atoms with Crippen LogP contribution in [0.4, 0.5) is 5.69 Å². The van der Waals surface area contributed by atoms with Crippen LogP contribution in [0, 0.1) is 5.41 Å². The molecule has 3 N–H and O–H groups in total. The molecule has 0 bridgehead atoms. The van der Waals surface area contributed by atoms with E-state index in [1.54, 1.807) is 26.2 Å². The van der Waals surface area contributed by atoms with Crippen LogP contribution in [0.15, 0.2) is 44.3 Å². The quantitative estimate of drug-likeness (QED) is 0.573. The lowest BCUT2D eigenvalue weighted by atomic mass is 9.85. The fraction of sp³-hybridized carbons (Fsp3) is 0.350. The van der Waals surface area contributed by atoms with Crippen LogP contribution in [-0.2, 0) is 10.2 Å². The van der Waals surface area contributed by atoms with Crippen LogP contribution >= 0.6 is 11.6 Å². The van der Waals surface area contributed by atoms with Gasteiger partial charge < -0.3 is 19.7 Å². The first-order valence-electron chi connectivity index (χ1n) is 9.54. The summed E-state index contributed by atoms with van der Waals surface area (Å²) in [5.41, 5.74) is -0.324. The first kappa shape index (κ1) is 23.6. The van der Waals surface area contributed by atoms with Crippen molar-refractivity contribution in [2.75, 3.05) is 19.4 Å². The molecule has 12 heteroatoms. The second-order valence-corrected chi connectivity index (χ2v) is 10.2. The number of phenolic OH excluding ortho intramolecular Hbond substituents is 1. The van der Waals surface area contributed by atoms with E-state index in [1.165, 1.54) is 23.3 Å². The van der Waals surface area contributed by atoms with Crippen molar-refractivity contribution in [1.82, 2.24) is 9.62 Å². The lowest BCUT2D eigenvalue weighted by Crippen LogP contribution is -2.32. The minimum atomic E-state index is -4.05. The predicted molar refractivity (Wildman–Crippen MR) is 123 cm³/mol. The molecule has 1 amide bonds. The van der Waals surface area contributed by atoms with Gasteiger partial charge in [0, 0.05) is 20.2 Å². The number of anilines is 1. The Bertz CT molecular complexity index is 1210. The van der Waals surface area contributed by atoms with Crippen molar-refractivity contribution in [3.8, 4) is 5.75 Å². The molecule has 1 aliphatic rings. The van der Waals surface area contributed by atoms with Crippen LogP contribution in [0.1, 0.15) is 42.9 Å². The average Bonchev–Trinajstić information content (AvgIpc) is 3.21. The van der Waals surface area contributed by atoms with Gasteiger partial charge in [-0.15, -0.1) is 4.40 Å². The number of phenols is 1. The number of benzene rings is 1. The highest BCUT2D eigenvalue weighted by Gasteiger charge is 2.34. The van der Waals surface area contributed by atoms with E-state index in [0.717, 1.165) is 0 Å². The van der Waals surface area contributed by atoms with Crippen molar-refractivity contribution in [1.29, 1.82) is 0 Å². The van der Waals surface area contributed by atoms with E-state index in [9.17, 15) is 18.3 Å². The third-order valence-corrected chi connectivity index (χ3v) is 5.60. The number of hydrogen-bond donors (Lipinski definition) is 3. The highest BCUT2D eigenvalue weighted by Crippen LogP contribution is 2.38. The van der Waals surface area contributed by atoms with Gasteiger partial charge in [-0.25, -0.2) is 4.72 Å². The number of aliphatic imine (C=N–C) groups is 1. The maximum absolute atomic E-state index is 12.3. The number of amidine groups is 2. The maximum Gasteiger partial charge on any atom is 0.345 e. The molecule has 10 nitrogen and oxygen atoms in total. The number of halogens is 1. The lowest BCUT2D eigenvalue weighted by Gasteiger charge is -2.26. The van der Waals surface area contributed by atoms with Gasteiger partial charge in [0.05, 0.1) is 16.3 Å². The molecule has 1 atom stereocenters. The SMILES string of the molecule is CN(C)C(=O)c1cccc(NC2=NS(=O)(=O)NC2=N[C@@H](c2cc(Cl)co2)C(C)(C)C)c1O. The van der Waals surface area contributed by atoms with E-state index in [0.29, 0.717) is 10.8 Å². The van der Waals surface area contributed by atoms with Gasteiger partial charge in [-0.3, -0.25) is 9.79 Å². The molecule has 32 heavy (non-hydrogen) atoms. The third-order valence-electron chi connectivity index (χ3n) is 4.52. The lowest BCUT2D eigenvalue weighted by molar-refractivity contribution is 0.0824. The number of nitrogens with zero attached hydrogens (tertiary/aromatic N) is 3. The highest BCUT2D eigenvalue weighted by atomic mass is 35.5. The summed E-state index contributed by atoms with van der Waals surface area (Å²) in [6.07, 6.45) is 1.37. The second-order valence-electron chi connectivity index (χ2n) is 8.46. The zero-order chi connectivity index (χ0) is 23.8. The Morgan fingerprint density at radius 3 is 2.59 bits per heavy atom. The summed E-state index contributed by atoms with van der Waals surface area (Å²) in [5, 5.41) is 13.7. The molecule has 0 saturated heterocycles. The van der Waals surface area contributed by atoms with Crippen molar-refractivity contribution in [3.05, 3.63) is 46.9 Å². The molecule has 3 rings (SSSR count). The van der Waals surface area contributed by atoms with Crippen LogP contribution in [0.5, 0.6) is 5.75 Å². The van der Waals surface area contributed by atoms with Crippen LogP contribution in [0.2, 0.25) is 5.02 Å². The maximum atomic E-state index is 12.3. The largest absolute Gasteiger partial charge is 0.505 e. The topological polar surface area (TPSA) is 137 Å². The van der Waals surface area contributed by atoms with Crippen LogP contribution in [0.3, 0.4) is 0 Å². The number of carbonyl (C=O) groups excluding carboxylic acids is 1. The molecule has 1 aliphatic heterocycles. The number of para-hydroxylation sites is 1. The van der Waals surface area contributed by atoms with Crippen molar-refractivity contribution < 1.29 is 22.7 Å². The predicted octanol–water partition coefficient (Wildman–Crippen LogP) is 3.18. The van der Waals surface area contributed by atoms with E-state index in [2.05, 4.69) is 19.4 Å². The molecule has 0 unspecified atom stereocenters. The van der Waals surface area contributed by atoms with Crippen molar-refractivity contribution in [3.63, 3.8) is 0 Å². The van der Waals surface area contributed by atoms with Crippen LogP contribution in [0.25, 0.3) is 0 Å². The second kappa shape index (κ2) is 8.47. The Kier molecular flexibility index (Phi) is 6.25. The minimum Gasteiger partial charge on any atom is -0.505 e. The molecule has 2 aromatic rings. The highest BCUT2D eigenvalue weighted by molar-refractivity contribution is 7.89. The molecular weight excluding hydrogens is 458 g/mol. The van der Waals surface area contributed by atoms with Gasteiger partial charge in [0.25, 0.3) is 5.91 Å². The Morgan fingerprint density at radius 1 is 1.34 bits per heavy atom. The molecule has 1 aromatic heterocycles. The third kappa shape index (κ3) is 5.05. The Hall–Kier alpha value is -3.05. The number of rotatable bonds is 4. The van der Waals surface area contributed by atoms with Gasteiger partial charge in [-0.2, -0.15) is 8.42 Å². The Labute approximate surface area is 191 Å². The molecule has 1 aromatic carbocycles. The van der Waals surface area contributed by atoms with E-state index in [-0.39, 0.29) is 28.7 Å².